The summed E-state index contributed by atoms with van der Waals surface area (Å²) < 4.78 is 0. The lowest BCUT2D eigenvalue weighted by Gasteiger charge is -2.35. The van der Waals surface area contributed by atoms with Crippen molar-refractivity contribution in [1.82, 2.24) is 15.0 Å². The van der Waals surface area contributed by atoms with E-state index in [9.17, 15) is 9.90 Å². The first-order valence-corrected chi connectivity index (χ1v) is 10.7. The monoisotopic (exact) mass is 424 g/mol. The highest BCUT2D eigenvalue weighted by molar-refractivity contribution is 6.30. The lowest BCUT2D eigenvalue weighted by molar-refractivity contribution is 0.0929. The SMILES string of the molecule is CCc1cc(=O)[nH]c(-c2ccc(N3CCC(C(O)c4ccc(Cl)cc4)CC3)nc2)n1. The number of hydrogen-bond acceptors (Lipinski definition) is 5. The predicted molar refractivity (Wildman–Crippen MR) is 119 cm³/mol. The first kappa shape index (κ1) is 20.6. The largest absolute Gasteiger partial charge is 0.388 e. The summed E-state index contributed by atoms with van der Waals surface area (Å²) in [5.41, 5.74) is 2.32. The fraction of sp³-hybridized carbons (Fsp3) is 0.348. The Morgan fingerprint density at radius 2 is 1.93 bits per heavy atom. The van der Waals surface area contributed by atoms with Crippen molar-refractivity contribution in [1.29, 1.82) is 0 Å². The summed E-state index contributed by atoms with van der Waals surface area (Å²) in [7, 11) is 0. The highest BCUT2D eigenvalue weighted by Gasteiger charge is 2.26. The van der Waals surface area contributed by atoms with Crippen LogP contribution < -0.4 is 10.5 Å². The highest BCUT2D eigenvalue weighted by Crippen LogP contribution is 2.32. The van der Waals surface area contributed by atoms with E-state index in [1.807, 2.05) is 43.3 Å². The minimum atomic E-state index is -0.478. The van der Waals surface area contributed by atoms with E-state index in [0.29, 0.717) is 17.3 Å². The molecule has 0 amide bonds. The number of halogens is 1. The second-order valence-corrected chi connectivity index (χ2v) is 8.10. The summed E-state index contributed by atoms with van der Waals surface area (Å²) in [6, 6.07) is 12.8. The van der Waals surface area contributed by atoms with Crippen molar-refractivity contribution >= 4 is 17.4 Å². The van der Waals surface area contributed by atoms with Gasteiger partial charge < -0.3 is 15.0 Å². The zero-order valence-corrected chi connectivity index (χ0v) is 17.6. The smallest absolute Gasteiger partial charge is 0.251 e. The second-order valence-electron chi connectivity index (χ2n) is 7.66. The molecule has 1 aromatic carbocycles. The third-order valence-electron chi connectivity index (χ3n) is 5.70. The molecule has 6 nitrogen and oxygen atoms in total. The van der Waals surface area contributed by atoms with Crippen LogP contribution in [0.5, 0.6) is 0 Å². The van der Waals surface area contributed by atoms with Crippen molar-refractivity contribution in [2.75, 3.05) is 18.0 Å². The maximum absolute atomic E-state index is 11.8. The van der Waals surface area contributed by atoms with Gasteiger partial charge in [0.25, 0.3) is 5.56 Å². The standard InChI is InChI=1S/C23H25ClN4O2/c1-2-19-13-21(29)27-23(26-19)17-5-8-20(25-14-17)28-11-9-16(10-12-28)22(30)15-3-6-18(24)7-4-15/h3-8,13-14,16,22,30H,2,9-12H2,1H3,(H,26,27,29). The van der Waals surface area contributed by atoms with Gasteiger partial charge in [-0.25, -0.2) is 9.97 Å². The van der Waals surface area contributed by atoms with Gasteiger partial charge in [-0.05, 0) is 55.0 Å². The molecule has 3 aromatic rings. The number of pyridine rings is 1. The van der Waals surface area contributed by atoms with Crippen molar-refractivity contribution in [3.63, 3.8) is 0 Å². The third-order valence-corrected chi connectivity index (χ3v) is 5.95. The topological polar surface area (TPSA) is 82.1 Å². The molecule has 0 aliphatic carbocycles. The molecule has 1 saturated heterocycles. The van der Waals surface area contributed by atoms with E-state index >= 15 is 0 Å². The average Bonchev–Trinajstić information content (AvgIpc) is 2.79. The van der Waals surface area contributed by atoms with Crippen LogP contribution in [0.15, 0.2) is 53.5 Å². The van der Waals surface area contributed by atoms with E-state index < -0.39 is 6.10 Å². The molecule has 7 heteroatoms. The Balaban J connectivity index is 1.41. The molecule has 30 heavy (non-hydrogen) atoms. The molecule has 4 rings (SSSR count). The first-order chi connectivity index (χ1) is 14.5. The number of nitrogens with one attached hydrogen (secondary N) is 1. The van der Waals surface area contributed by atoms with Gasteiger partial charge in [0.15, 0.2) is 0 Å². The van der Waals surface area contributed by atoms with Crippen molar-refractivity contribution in [2.24, 2.45) is 5.92 Å². The molecule has 1 fully saturated rings. The molecular formula is C23H25ClN4O2. The highest BCUT2D eigenvalue weighted by atomic mass is 35.5. The van der Waals surface area contributed by atoms with Gasteiger partial charge in [-0.15, -0.1) is 0 Å². The first-order valence-electron chi connectivity index (χ1n) is 10.3. The van der Waals surface area contributed by atoms with E-state index in [-0.39, 0.29) is 11.5 Å². The molecule has 0 saturated carbocycles. The molecule has 0 radical (unpaired) electrons. The molecule has 1 aliphatic heterocycles. The molecule has 1 unspecified atom stereocenters. The maximum Gasteiger partial charge on any atom is 0.251 e. The Morgan fingerprint density at radius 3 is 2.57 bits per heavy atom. The molecule has 2 N–H and O–H groups in total. The molecule has 1 aliphatic rings. The molecule has 3 heterocycles. The predicted octanol–water partition coefficient (Wildman–Crippen LogP) is 4.00. The Morgan fingerprint density at radius 1 is 1.20 bits per heavy atom. The van der Waals surface area contributed by atoms with E-state index in [1.54, 1.807) is 6.20 Å². The minimum Gasteiger partial charge on any atom is -0.388 e. The third kappa shape index (κ3) is 4.55. The van der Waals surface area contributed by atoms with Crippen LogP contribution in [-0.2, 0) is 6.42 Å². The Hall–Kier alpha value is -2.70. The number of hydrogen-bond donors (Lipinski definition) is 2. The van der Waals surface area contributed by atoms with E-state index in [2.05, 4.69) is 19.9 Å². The van der Waals surface area contributed by atoms with E-state index in [0.717, 1.165) is 48.6 Å². The van der Waals surface area contributed by atoms with Crippen LogP contribution in [0, 0.1) is 5.92 Å². The molecule has 1 atom stereocenters. The van der Waals surface area contributed by atoms with Gasteiger partial charge in [0, 0.05) is 41.6 Å². The number of nitrogens with zero attached hydrogens (tertiary/aromatic N) is 3. The summed E-state index contributed by atoms with van der Waals surface area (Å²) >= 11 is 5.95. The lowest BCUT2D eigenvalue weighted by atomic mass is 9.87. The normalized spacial score (nSPS) is 15.9. The Bertz CT molecular complexity index is 1040. The van der Waals surface area contributed by atoms with Crippen molar-refractivity contribution in [2.45, 2.75) is 32.3 Å². The van der Waals surface area contributed by atoms with Gasteiger partial charge in [-0.3, -0.25) is 4.79 Å². The molecule has 2 aromatic heterocycles. The number of aromatic nitrogens is 3. The summed E-state index contributed by atoms with van der Waals surface area (Å²) in [5, 5.41) is 11.4. The maximum atomic E-state index is 11.8. The zero-order valence-electron chi connectivity index (χ0n) is 16.9. The number of aliphatic hydroxyl groups is 1. The number of aryl methyl sites for hydroxylation is 1. The minimum absolute atomic E-state index is 0.151. The number of anilines is 1. The number of H-pyrrole nitrogens is 1. The Kier molecular flexibility index (Phi) is 6.16. The fourth-order valence-electron chi connectivity index (χ4n) is 3.92. The van der Waals surface area contributed by atoms with Crippen LogP contribution >= 0.6 is 11.6 Å². The molecule has 0 bridgehead atoms. The summed E-state index contributed by atoms with van der Waals surface area (Å²) in [4.78, 5) is 25.9. The quantitative estimate of drug-likeness (QED) is 0.647. The number of aromatic amines is 1. The number of rotatable bonds is 5. The van der Waals surface area contributed by atoms with Crippen LogP contribution in [0.3, 0.4) is 0 Å². The molecule has 156 valence electrons. The van der Waals surface area contributed by atoms with Crippen molar-refractivity contribution < 1.29 is 5.11 Å². The van der Waals surface area contributed by atoms with E-state index in [1.165, 1.54) is 6.07 Å². The average molecular weight is 425 g/mol. The van der Waals surface area contributed by atoms with Crippen molar-refractivity contribution in [3.8, 4) is 11.4 Å². The fourth-order valence-corrected chi connectivity index (χ4v) is 4.04. The van der Waals surface area contributed by atoms with Gasteiger partial charge in [0.2, 0.25) is 0 Å². The van der Waals surface area contributed by atoms with E-state index in [4.69, 9.17) is 11.6 Å². The zero-order chi connectivity index (χ0) is 21.1. The molecule has 0 spiro atoms. The van der Waals surface area contributed by atoms with Gasteiger partial charge in [0.1, 0.15) is 11.6 Å². The van der Waals surface area contributed by atoms with Crippen LogP contribution in [0.4, 0.5) is 5.82 Å². The number of benzene rings is 1. The summed E-state index contributed by atoms with van der Waals surface area (Å²) in [6.07, 6.45) is 3.76. The van der Waals surface area contributed by atoms with Gasteiger partial charge in [-0.1, -0.05) is 30.7 Å². The van der Waals surface area contributed by atoms with Crippen molar-refractivity contribution in [3.05, 3.63) is 75.3 Å². The summed E-state index contributed by atoms with van der Waals surface area (Å²) in [6.45, 7) is 3.64. The van der Waals surface area contributed by atoms with Gasteiger partial charge >= 0.3 is 0 Å². The van der Waals surface area contributed by atoms with Gasteiger partial charge in [-0.2, -0.15) is 0 Å². The lowest BCUT2D eigenvalue weighted by Crippen LogP contribution is -2.36. The van der Waals surface area contributed by atoms with Crippen LogP contribution in [0.2, 0.25) is 5.02 Å². The van der Waals surface area contributed by atoms with Gasteiger partial charge in [0.05, 0.1) is 6.10 Å². The Labute approximate surface area is 180 Å². The van der Waals surface area contributed by atoms with Crippen LogP contribution in [0.1, 0.15) is 37.1 Å². The van der Waals surface area contributed by atoms with Crippen LogP contribution in [0.25, 0.3) is 11.4 Å². The molecular weight excluding hydrogens is 400 g/mol. The van der Waals surface area contributed by atoms with Crippen LogP contribution in [-0.4, -0.2) is 33.1 Å². The second kappa shape index (κ2) is 8.98. The number of aliphatic hydroxyl groups excluding tert-OH is 1. The summed E-state index contributed by atoms with van der Waals surface area (Å²) in [5.74, 6) is 1.66. The number of piperidine rings is 1.